The summed E-state index contributed by atoms with van der Waals surface area (Å²) in [7, 11) is 0. The molecule has 1 fully saturated rings. The highest BCUT2D eigenvalue weighted by atomic mass is 16.5. The fourth-order valence-electron chi connectivity index (χ4n) is 3.28. The molecule has 0 bridgehead atoms. The van der Waals surface area contributed by atoms with Crippen LogP contribution >= 0.6 is 0 Å². The number of rotatable bonds is 5. The van der Waals surface area contributed by atoms with Crippen LogP contribution in [-0.4, -0.2) is 41.3 Å². The number of piperidine rings is 1. The van der Waals surface area contributed by atoms with E-state index in [1.807, 2.05) is 19.1 Å². The number of aliphatic hydroxyl groups excluding tert-OH is 1. The van der Waals surface area contributed by atoms with Gasteiger partial charge in [0, 0.05) is 18.6 Å². The lowest BCUT2D eigenvalue weighted by Crippen LogP contribution is -2.48. The van der Waals surface area contributed by atoms with E-state index in [0.717, 1.165) is 11.3 Å². The molecular formula is C18H29NO2. The van der Waals surface area contributed by atoms with Crippen LogP contribution in [0.2, 0.25) is 0 Å². The van der Waals surface area contributed by atoms with Gasteiger partial charge in [-0.3, -0.25) is 4.90 Å². The second-order valence-electron chi connectivity index (χ2n) is 6.56. The third-order valence-electron chi connectivity index (χ3n) is 4.56. The molecule has 0 aliphatic carbocycles. The molecule has 1 aromatic rings. The van der Waals surface area contributed by atoms with Gasteiger partial charge in [-0.25, -0.2) is 0 Å². The molecule has 3 heteroatoms. The minimum Gasteiger partial charge on any atom is -0.491 e. The maximum Gasteiger partial charge on any atom is 0.122 e. The number of aryl methyl sites for hydroxylation is 2. The number of nitrogens with zero attached hydrogens (tertiary/aromatic N) is 1. The van der Waals surface area contributed by atoms with Gasteiger partial charge in [0.15, 0.2) is 0 Å². The number of β-amino-alcohol motifs (C(OH)–C–C–N with tert-alkyl or cyclic N) is 1. The van der Waals surface area contributed by atoms with Crippen LogP contribution in [0.4, 0.5) is 0 Å². The van der Waals surface area contributed by atoms with Crippen LogP contribution in [0.25, 0.3) is 0 Å². The van der Waals surface area contributed by atoms with Crippen molar-refractivity contribution >= 4 is 0 Å². The predicted molar refractivity (Wildman–Crippen MR) is 86.9 cm³/mol. The van der Waals surface area contributed by atoms with Crippen molar-refractivity contribution in [3.05, 3.63) is 29.3 Å². The Hall–Kier alpha value is -1.06. The van der Waals surface area contributed by atoms with Gasteiger partial charge in [0.2, 0.25) is 0 Å². The van der Waals surface area contributed by atoms with Crippen molar-refractivity contribution in [3.63, 3.8) is 0 Å². The van der Waals surface area contributed by atoms with Gasteiger partial charge >= 0.3 is 0 Å². The third kappa shape index (κ3) is 4.45. The van der Waals surface area contributed by atoms with Gasteiger partial charge in [-0.2, -0.15) is 0 Å². The first-order valence-electron chi connectivity index (χ1n) is 8.11. The Bertz CT molecular complexity index is 451. The van der Waals surface area contributed by atoms with Gasteiger partial charge in [0.1, 0.15) is 18.5 Å². The second-order valence-corrected chi connectivity index (χ2v) is 6.56. The molecule has 1 heterocycles. The van der Waals surface area contributed by atoms with Crippen molar-refractivity contribution in [3.8, 4) is 5.75 Å². The Morgan fingerprint density at radius 1 is 1.24 bits per heavy atom. The standard InChI is InChI=1S/C18H29NO2/c1-13-8-9-18(14(2)10-13)21-12-17(20)11-19-15(3)6-5-7-16(19)4/h8-10,15-17,20H,5-7,11-12H2,1-4H3/t15-,16-,17+/m1/s1. The molecule has 0 unspecified atom stereocenters. The van der Waals surface area contributed by atoms with E-state index in [9.17, 15) is 5.11 Å². The molecule has 0 saturated carbocycles. The van der Waals surface area contributed by atoms with Gasteiger partial charge in [-0.15, -0.1) is 0 Å². The normalized spacial score (nSPS) is 24.8. The van der Waals surface area contributed by atoms with Crippen molar-refractivity contribution in [2.75, 3.05) is 13.2 Å². The van der Waals surface area contributed by atoms with Gasteiger partial charge in [0.25, 0.3) is 0 Å². The van der Waals surface area contributed by atoms with Crippen molar-refractivity contribution in [2.24, 2.45) is 0 Å². The zero-order chi connectivity index (χ0) is 15.4. The molecule has 1 aliphatic rings. The molecule has 1 N–H and O–H groups in total. The zero-order valence-corrected chi connectivity index (χ0v) is 13.8. The molecule has 1 aromatic carbocycles. The number of aliphatic hydroxyl groups is 1. The lowest BCUT2D eigenvalue weighted by molar-refractivity contribution is 0.0208. The highest BCUT2D eigenvalue weighted by molar-refractivity contribution is 5.35. The van der Waals surface area contributed by atoms with Crippen LogP contribution < -0.4 is 4.74 Å². The van der Waals surface area contributed by atoms with E-state index in [1.54, 1.807) is 0 Å². The molecule has 0 radical (unpaired) electrons. The van der Waals surface area contributed by atoms with Crippen LogP contribution in [0, 0.1) is 13.8 Å². The molecule has 0 spiro atoms. The lowest BCUT2D eigenvalue weighted by Gasteiger charge is -2.40. The summed E-state index contributed by atoms with van der Waals surface area (Å²) >= 11 is 0. The summed E-state index contributed by atoms with van der Waals surface area (Å²) in [6.45, 7) is 9.70. The van der Waals surface area contributed by atoms with Gasteiger partial charge in [-0.1, -0.05) is 24.1 Å². The van der Waals surface area contributed by atoms with Gasteiger partial charge in [-0.05, 0) is 52.2 Å². The summed E-state index contributed by atoms with van der Waals surface area (Å²) in [4.78, 5) is 2.42. The Balaban J connectivity index is 1.85. The van der Waals surface area contributed by atoms with E-state index in [-0.39, 0.29) is 0 Å². The van der Waals surface area contributed by atoms with Gasteiger partial charge in [0.05, 0.1) is 0 Å². The van der Waals surface area contributed by atoms with Crippen molar-refractivity contribution in [1.29, 1.82) is 0 Å². The molecule has 118 valence electrons. The number of hydrogen-bond donors (Lipinski definition) is 1. The highest BCUT2D eigenvalue weighted by Crippen LogP contribution is 2.23. The molecule has 0 amide bonds. The maximum absolute atomic E-state index is 10.3. The Morgan fingerprint density at radius 3 is 2.52 bits per heavy atom. The number of likely N-dealkylation sites (tertiary alicyclic amines) is 1. The monoisotopic (exact) mass is 291 g/mol. The minimum atomic E-state index is -0.436. The van der Waals surface area contributed by atoms with E-state index in [0.29, 0.717) is 25.2 Å². The fraction of sp³-hybridized carbons (Fsp3) is 0.667. The lowest BCUT2D eigenvalue weighted by atomic mass is 9.97. The maximum atomic E-state index is 10.3. The topological polar surface area (TPSA) is 32.7 Å². The van der Waals surface area contributed by atoms with Crippen molar-refractivity contribution < 1.29 is 9.84 Å². The third-order valence-corrected chi connectivity index (χ3v) is 4.56. The summed E-state index contributed by atoms with van der Waals surface area (Å²) < 4.78 is 5.79. The van der Waals surface area contributed by atoms with Crippen molar-refractivity contribution in [1.82, 2.24) is 4.90 Å². The first-order valence-corrected chi connectivity index (χ1v) is 8.11. The van der Waals surface area contributed by atoms with E-state index >= 15 is 0 Å². The number of ether oxygens (including phenoxy) is 1. The molecule has 1 aliphatic heterocycles. The Morgan fingerprint density at radius 2 is 1.90 bits per heavy atom. The fourth-order valence-corrected chi connectivity index (χ4v) is 3.28. The molecule has 3 nitrogen and oxygen atoms in total. The Labute approximate surface area is 128 Å². The Kier molecular flexibility index (Phi) is 5.65. The predicted octanol–water partition coefficient (Wildman–Crippen LogP) is 3.31. The summed E-state index contributed by atoms with van der Waals surface area (Å²) in [5.41, 5.74) is 2.36. The molecule has 1 saturated heterocycles. The molecular weight excluding hydrogens is 262 g/mol. The first kappa shape index (κ1) is 16.3. The molecule has 2 rings (SSSR count). The average Bonchev–Trinajstić information content (AvgIpc) is 2.42. The molecule has 0 aromatic heterocycles. The first-order chi connectivity index (χ1) is 9.97. The minimum absolute atomic E-state index is 0.361. The second kappa shape index (κ2) is 7.28. The van der Waals surface area contributed by atoms with Crippen LogP contribution in [0.15, 0.2) is 18.2 Å². The summed E-state index contributed by atoms with van der Waals surface area (Å²) in [6.07, 6.45) is 3.33. The number of benzene rings is 1. The van der Waals surface area contributed by atoms with E-state index in [4.69, 9.17) is 4.74 Å². The summed E-state index contributed by atoms with van der Waals surface area (Å²) in [6, 6.07) is 7.26. The smallest absolute Gasteiger partial charge is 0.122 e. The van der Waals surface area contributed by atoms with E-state index in [2.05, 4.69) is 31.7 Å². The molecule has 3 atom stereocenters. The molecule has 21 heavy (non-hydrogen) atoms. The SMILES string of the molecule is Cc1ccc(OC[C@@H](O)CN2[C@H](C)CCC[C@H]2C)c(C)c1. The van der Waals surface area contributed by atoms with Crippen LogP contribution in [0.3, 0.4) is 0 Å². The van der Waals surface area contributed by atoms with Gasteiger partial charge < -0.3 is 9.84 Å². The van der Waals surface area contributed by atoms with Crippen molar-refractivity contribution in [2.45, 2.75) is 65.1 Å². The van der Waals surface area contributed by atoms with Crippen LogP contribution in [0.1, 0.15) is 44.2 Å². The van der Waals surface area contributed by atoms with E-state index < -0.39 is 6.10 Å². The van der Waals surface area contributed by atoms with E-state index in [1.165, 1.54) is 24.8 Å². The summed E-state index contributed by atoms with van der Waals surface area (Å²) in [5, 5.41) is 10.3. The zero-order valence-electron chi connectivity index (χ0n) is 13.8. The number of hydrogen-bond acceptors (Lipinski definition) is 3. The van der Waals surface area contributed by atoms with Crippen LogP contribution in [0.5, 0.6) is 5.75 Å². The largest absolute Gasteiger partial charge is 0.491 e. The summed E-state index contributed by atoms with van der Waals surface area (Å²) in [5.74, 6) is 0.874. The van der Waals surface area contributed by atoms with Crippen LogP contribution in [-0.2, 0) is 0 Å². The highest BCUT2D eigenvalue weighted by Gasteiger charge is 2.26. The quantitative estimate of drug-likeness (QED) is 0.903. The average molecular weight is 291 g/mol.